The molecule has 7 heteroatoms. The van der Waals surface area contributed by atoms with Crippen molar-refractivity contribution in [1.29, 1.82) is 0 Å². The number of halogens is 3. The molecule has 0 aromatic heterocycles. The van der Waals surface area contributed by atoms with E-state index in [4.69, 9.17) is 49.0 Å². The van der Waals surface area contributed by atoms with Gasteiger partial charge in [0.25, 0.3) is 0 Å². The van der Waals surface area contributed by atoms with Crippen molar-refractivity contribution in [3.8, 4) is 17.2 Å². The molecule has 0 atom stereocenters. The van der Waals surface area contributed by atoms with E-state index in [0.29, 0.717) is 34.8 Å². The molecule has 0 saturated carbocycles. The summed E-state index contributed by atoms with van der Waals surface area (Å²) >= 11 is 18.4. The SMILES string of the molecule is Clc1ccc(COc2ccc(Cl)cc2CNCc2ccc3c(c2)OCO3)c(Cl)c1. The summed E-state index contributed by atoms with van der Waals surface area (Å²) in [5.74, 6) is 2.30. The smallest absolute Gasteiger partial charge is 0.231 e. The van der Waals surface area contributed by atoms with Gasteiger partial charge in [0, 0.05) is 39.3 Å². The third kappa shape index (κ3) is 5.09. The second-order valence-electron chi connectivity index (χ2n) is 6.57. The summed E-state index contributed by atoms with van der Waals surface area (Å²) in [5, 5.41) is 5.24. The molecule has 3 aromatic rings. The normalized spacial score (nSPS) is 12.2. The van der Waals surface area contributed by atoms with Crippen molar-refractivity contribution >= 4 is 34.8 Å². The Kier molecular flexibility index (Phi) is 6.36. The van der Waals surface area contributed by atoms with Crippen LogP contribution in [0.4, 0.5) is 0 Å². The predicted octanol–water partition coefficient (Wildman–Crippen LogP) is 6.24. The molecular formula is C22H18Cl3NO3. The molecule has 4 nitrogen and oxygen atoms in total. The number of nitrogens with one attached hydrogen (secondary N) is 1. The second kappa shape index (κ2) is 9.14. The maximum absolute atomic E-state index is 6.24. The quantitative estimate of drug-likeness (QED) is 0.462. The van der Waals surface area contributed by atoms with E-state index in [0.717, 1.165) is 33.9 Å². The molecule has 29 heavy (non-hydrogen) atoms. The van der Waals surface area contributed by atoms with E-state index >= 15 is 0 Å². The molecule has 150 valence electrons. The fourth-order valence-electron chi connectivity index (χ4n) is 3.01. The summed E-state index contributed by atoms with van der Waals surface area (Å²) in [6.45, 7) is 1.88. The Morgan fingerprint density at radius 1 is 0.793 bits per heavy atom. The molecule has 1 N–H and O–H groups in total. The molecule has 0 unspecified atom stereocenters. The van der Waals surface area contributed by atoms with Gasteiger partial charge in [0.2, 0.25) is 6.79 Å². The van der Waals surface area contributed by atoms with Crippen molar-refractivity contribution in [2.24, 2.45) is 0 Å². The summed E-state index contributed by atoms with van der Waals surface area (Å²) in [5.41, 5.74) is 2.93. The fraction of sp³-hybridized carbons (Fsp3) is 0.182. The summed E-state index contributed by atoms with van der Waals surface area (Å²) in [6.07, 6.45) is 0. The third-order valence-corrected chi connectivity index (χ3v) is 5.32. The van der Waals surface area contributed by atoms with Crippen molar-refractivity contribution in [2.75, 3.05) is 6.79 Å². The van der Waals surface area contributed by atoms with Gasteiger partial charge >= 0.3 is 0 Å². The van der Waals surface area contributed by atoms with E-state index in [1.54, 1.807) is 12.1 Å². The van der Waals surface area contributed by atoms with Gasteiger partial charge in [0.05, 0.1) is 0 Å². The van der Waals surface area contributed by atoms with Crippen LogP contribution in [0.3, 0.4) is 0 Å². The molecule has 4 rings (SSSR count). The Morgan fingerprint density at radius 3 is 2.45 bits per heavy atom. The maximum atomic E-state index is 6.24. The van der Waals surface area contributed by atoms with Gasteiger partial charge in [-0.05, 0) is 48.0 Å². The lowest BCUT2D eigenvalue weighted by molar-refractivity contribution is 0.174. The van der Waals surface area contributed by atoms with Crippen molar-refractivity contribution in [3.63, 3.8) is 0 Å². The number of hydrogen-bond acceptors (Lipinski definition) is 4. The standard InChI is InChI=1S/C22H18Cl3NO3/c23-17-4-6-20(27-12-15-2-3-18(24)9-19(15)25)16(8-17)11-26-10-14-1-5-21-22(7-14)29-13-28-21/h1-9,26H,10-13H2. The number of fused-ring (bicyclic) bond motifs is 1. The Balaban J connectivity index is 1.40. The van der Waals surface area contributed by atoms with Gasteiger partial charge in [-0.25, -0.2) is 0 Å². The zero-order valence-electron chi connectivity index (χ0n) is 15.4. The number of ether oxygens (including phenoxy) is 3. The highest BCUT2D eigenvalue weighted by atomic mass is 35.5. The van der Waals surface area contributed by atoms with Gasteiger partial charge in [0.15, 0.2) is 11.5 Å². The van der Waals surface area contributed by atoms with Crippen LogP contribution >= 0.6 is 34.8 Å². The molecule has 0 amide bonds. The van der Waals surface area contributed by atoms with Gasteiger partial charge in [-0.2, -0.15) is 0 Å². The summed E-state index contributed by atoms with van der Waals surface area (Å²) < 4.78 is 16.8. The summed E-state index contributed by atoms with van der Waals surface area (Å²) in [6, 6.07) is 16.8. The van der Waals surface area contributed by atoms with Crippen LogP contribution in [0.2, 0.25) is 15.1 Å². The minimum Gasteiger partial charge on any atom is -0.489 e. The van der Waals surface area contributed by atoms with Crippen molar-refractivity contribution < 1.29 is 14.2 Å². The lowest BCUT2D eigenvalue weighted by Crippen LogP contribution is -2.13. The highest BCUT2D eigenvalue weighted by Gasteiger charge is 2.13. The van der Waals surface area contributed by atoms with Crippen LogP contribution < -0.4 is 19.5 Å². The number of rotatable bonds is 7. The monoisotopic (exact) mass is 449 g/mol. The van der Waals surface area contributed by atoms with E-state index in [2.05, 4.69) is 5.32 Å². The van der Waals surface area contributed by atoms with Crippen molar-refractivity contribution in [3.05, 3.63) is 86.4 Å². The van der Waals surface area contributed by atoms with Crippen LogP contribution in [0.25, 0.3) is 0 Å². The molecule has 0 spiro atoms. The second-order valence-corrected chi connectivity index (χ2v) is 7.85. The Morgan fingerprint density at radius 2 is 1.59 bits per heavy atom. The largest absolute Gasteiger partial charge is 0.489 e. The molecule has 1 aliphatic rings. The Bertz CT molecular complexity index is 1030. The van der Waals surface area contributed by atoms with Gasteiger partial charge in [-0.1, -0.05) is 46.9 Å². The van der Waals surface area contributed by atoms with Crippen LogP contribution in [-0.2, 0) is 19.7 Å². The minimum absolute atomic E-state index is 0.271. The topological polar surface area (TPSA) is 39.7 Å². The zero-order chi connectivity index (χ0) is 20.2. The first-order valence-corrected chi connectivity index (χ1v) is 10.2. The van der Waals surface area contributed by atoms with Gasteiger partial charge in [0.1, 0.15) is 12.4 Å². The lowest BCUT2D eigenvalue weighted by Gasteiger charge is -2.14. The Labute approximate surface area is 184 Å². The molecule has 1 heterocycles. The molecular weight excluding hydrogens is 433 g/mol. The van der Waals surface area contributed by atoms with E-state index in [-0.39, 0.29) is 6.79 Å². The number of hydrogen-bond donors (Lipinski definition) is 1. The zero-order valence-corrected chi connectivity index (χ0v) is 17.7. The molecule has 0 saturated heterocycles. The molecule has 0 bridgehead atoms. The Hall–Kier alpha value is -2.11. The molecule has 0 radical (unpaired) electrons. The fourth-order valence-corrected chi connectivity index (χ4v) is 3.67. The van der Waals surface area contributed by atoms with Crippen LogP contribution in [0.1, 0.15) is 16.7 Å². The molecule has 0 fully saturated rings. The van der Waals surface area contributed by atoms with Crippen molar-refractivity contribution in [2.45, 2.75) is 19.7 Å². The van der Waals surface area contributed by atoms with Crippen LogP contribution in [0.5, 0.6) is 17.2 Å². The van der Waals surface area contributed by atoms with Crippen LogP contribution in [0, 0.1) is 0 Å². The molecule has 0 aliphatic carbocycles. The third-order valence-electron chi connectivity index (χ3n) is 4.50. The maximum Gasteiger partial charge on any atom is 0.231 e. The number of benzene rings is 3. The van der Waals surface area contributed by atoms with Crippen LogP contribution in [-0.4, -0.2) is 6.79 Å². The van der Waals surface area contributed by atoms with Crippen LogP contribution in [0.15, 0.2) is 54.6 Å². The average molecular weight is 451 g/mol. The lowest BCUT2D eigenvalue weighted by atomic mass is 10.1. The van der Waals surface area contributed by atoms with Crippen molar-refractivity contribution in [1.82, 2.24) is 5.32 Å². The first kappa shape index (κ1) is 20.2. The summed E-state index contributed by atoms with van der Waals surface area (Å²) in [7, 11) is 0. The predicted molar refractivity (Wildman–Crippen MR) is 115 cm³/mol. The average Bonchev–Trinajstić information content (AvgIpc) is 3.16. The highest BCUT2D eigenvalue weighted by Crippen LogP contribution is 2.32. The van der Waals surface area contributed by atoms with Gasteiger partial charge in [-0.3, -0.25) is 0 Å². The van der Waals surface area contributed by atoms with Gasteiger partial charge in [-0.15, -0.1) is 0 Å². The van der Waals surface area contributed by atoms with Gasteiger partial charge < -0.3 is 19.5 Å². The summed E-state index contributed by atoms with van der Waals surface area (Å²) in [4.78, 5) is 0. The van der Waals surface area contributed by atoms with E-state index in [9.17, 15) is 0 Å². The van der Waals surface area contributed by atoms with E-state index in [1.807, 2.05) is 42.5 Å². The first-order chi connectivity index (χ1) is 14.1. The molecule has 1 aliphatic heterocycles. The van der Waals surface area contributed by atoms with E-state index < -0.39 is 0 Å². The minimum atomic E-state index is 0.271. The first-order valence-electron chi connectivity index (χ1n) is 9.03. The van der Waals surface area contributed by atoms with E-state index in [1.165, 1.54) is 0 Å². The molecule has 3 aromatic carbocycles. The highest BCUT2D eigenvalue weighted by molar-refractivity contribution is 6.35.